The van der Waals surface area contributed by atoms with Crippen molar-refractivity contribution >= 4 is 23.4 Å². The monoisotopic (exact) mass is 400 g/mol. The third kappa shape index (κ3) is 5.23. The van der Waals surface area contributed by atoms with Crippen molar-refractivity contribution in [3.8, 4) is 5.75 Å². The summed E-state index contributed by atoms with van der Waals surface area (Å²) in [5.74, 6) is -0.0874. The number of hydrogen-bond acceptors (Lipinski definition) is 4. The zero-order valence-corrected chi connectivity index (χ0v) is 17.3. The van der Waals surface area contributed by atoms with Crippen LogP contribution in [0.25, 0.3) is 11.6 Å². The molecule has 152 valence electrons. The van der Waals surface area contributed by atoms with Gasteiger partial charge in [-0.1, -0.05) is 60.2 Å². The highest BCUT2D eigenvalue weighted by Gasteiger charge is 2.17. The summed E-state index contributed by atoms with van der Waals surface area (Å²) in [5, 5.41) is 0. The van der Waals surface area contributed by atoms with Crippen molar-refractivity contribution in [2.75, 3.05) is 13.7 Å². The maximum absolute atomic E-state index is 12.9. The molecule has 0 amide bonds. The van der Waals surface area contributed by atoms with Crippen LogP contribution in [0.15, 0.2) is 72.8 Å². The van der Waals surface area contributed by atoms with E-state index < -0.39 is 5.97 Å². The summed E-state index contributed by atoms with van der Waals surface area (Å²) in [5.41, 5.74) is 4.30. The molecule has 30 heavy (non-hydrogen) atoms. The third-order valence-corrected chi connectivity index (χ3v) is 4.74. The molecule has 3 aromatic carbocycles. The van der Waals surface area contributed by atoms with E-state index in [0.717, 1.165) is 16.7 Å². The SMILES string of the molecule is COc1cccc(C=C(C(=O)OCC(=O)c2cc(C)ccc2C)c2ccccc2)c1. The summed E-state index contributed by atoms with van der Waals surface area (Å²) in [6.45, 7) is 3.48. The Morgan fingerprint density at radius 3 is 2.40 bits per heavy atom. The molecule has 0 aliphatic heterocycles. The first-order valence-corrected chi connectivity index (χ1v) is 9.66. The van der Waals surface area contributed by atoms with E-state index in [1.165, 1.54) is 0 Å². The summed E-state index contributed by atoms with van der Waals surface area (Å²) in [4.78, 5) is 25.5. The number of carbonyl (C=O) groups is 2. The van der Waals surface area contributed by atoms with Gasteiger partial charge in [-0.3, -0.25) is 4.79 Å². The highest BCUT2D eigenvalue weighted by Crippen LogP contribution is 2.22. The number of ether oxygens (including phenoxy) is 2. The van der Waals surface area contributed by atoms with Gasteiger partial charge in [-0.2, -0.15) is 0 Å². The third-order valence-electron chi connectivity index (χ3n) is 4.74. The van der Waals surface area contributed by atoms with Gasteiger partial charge < -0.3 is 9.47 Å². The topological polar surface area (TPSA) is 52.6 Å². The zero-order chi connectivity index (χ0) is 21.5. The lowest BCUT2D eigenvalue weighted by atomic mass is 10.0. The molecule has 4 heteroatoms. The number of hydrogen-bond donors (Lipinski definition) is 0. The summed E-state index contributed by atoms with van der Waals surface area (Å²) < 4.78 is 10.7. The van der Waals surface area contributed by atoms with Gasteiger partial charge in [0.05, 0.1) is 12.7 Å². The number of benzene rings is 3. The molecule has 0 aliphatic carbocycles. The smallest absolute Gasteiger partial charge is 0.339 e. The molecule has 0 fully saturated rings. The van der Waals surface area contributed by atoms with Gasteiger partial charge in [0.15, 0.2) is 6.61 Å². The Bertz CT molecular complexity index is 1080. The highest BCUT2D eigenvalue weighted by molar-refractivity contribution is 6.22. The van der Waals surface area contributed by atoms with Gasteiger partial charge in [0.2, 0.25) is 5.78 Å². The van der Waals surface area contributed by atoms with Gasteiger partial charge in [-0.15, -0.1) is 0 Å². The van der Waals surface area contributed by atoms with E-state index in [4.69, 9.17) is 9.47 Å². The Balaban J connectivity index is 1.85. The van der Waals surface area contributed by atoms with Crippen molar-refractivity contribution in [1.29, 1.82) is 0 Å². The molecule has 3 rings (SSSR count). The van der Waals surface area contributed by atoms with E-state index in [1.807, 2.05) is 86.6 Å². The molecule has 0 heterocycles. The van der Waals surface area contributed by atoms with Gasteiger partial charge in [-0.05, 0) is 54.8 Å². The second-order valence-corrected chi connectivity index (χ2v) is 7.02. The fourth-order valence-electron chi connectivity index (χ4n) is 3.10. The van der Waals surface area contributed by atoms with E-state index >= 15 is 0 Å². The first-order chi connectivity index (χ1) is 14.5. The molecule has 0 radical (unpaired) electrons. The minimum absolute atomic E-state index is 0.224. The fourth-order valence-corrected chi connectivity index (χ4v) is 3.10. The van der Waals surface area contributed by atoms with Gasteiger partial charge in [0.25, 0.3) is 0 Å². The fraction of sp³-hybridized carbons (Fsp3) is 0.154. The van der Waals surface area contributed by atoms with Crippen LogP contribution in [0.2, 0.25) is 0 Å². The molecule has 3 aromatic rings. The maximum Gasteiger partial charge on any atom is 0.339 e. The number of aryl methyl sites for hydroxylation is 2. The molecule has 0 aliphatic rings. The number of Topliss-reactive ketones (excluding diaryl/α,β-unsaturated/α-hetero) is 1. The Labute approximate surface area is 176 Å². The lowest BCUT2D eigenvalue weighted by molar-refractivity contribution is -0.135. The normalized spacial score (nSPS) is 11.1. The minimum Gasteiger partial charge on any atom is -0.497 e. The molecule has 0 saturated heterocycles. The van der Waals surface area contributed by atoms with Crippen LogP contribution >= 0.6 is 0 Å². The molecular weight excluding hydrogens is 376 g/mol. The van der Waals surface area contributed by atoms with Gasteiger partial charge in [0, 0.05) is 5.56 Å². The van der Waals surface area contributed by atoms with Crippen LogP contribution in [0.3, 0.4) is 0 Å². The highest BCUT2D eigenvalue weighted by atomic mass is 16.5. The molecule has 0 spiro atoms. The standard InChI is InChI=1S/C26H24O4/c1-18-12-13-19(2)23(14-18)25(27)17-30-26(28)24(21-9-5-4-6-10-21)16-20-8-7-11-22(15-20)29-3/h4-16H,17H2,1-3H3. The molecule has 4 nitrogen and oxygen atoms in total. The zero-order valence-electron chi connectivity index (χ0n) is 17.3. The Hall–Kier alpha value is -3.66. The number of esters is 1. The lowest BCUT2D eigenvalue weighted by Gasteiger charge is -2.10. The number of carbonyl (C=O) groups excluding carboxylic acids is 2. The van der Waals surface area contributed by atoms with Crippen LogP contribution < -0.4 is 4.74 Å². The van der Waals surface area contributed by atoms with Crippen LogP contribution in [0, 0.1) is 13.8 Å². The van der Waals surface area contributed by atoms with E-state index in [1.54, 1.807) is 13.2 Å². The Morgan fingerprint density at radius 2 is 1.67 bits per heavy atom. The maximum atomic E-state index is 12.9. The quantitative estimate of drug-likeness (QED) is 0.234. The second kappa shape index (κ2) is 9.70. The Morgan fingerprint density at radius 1 is 0.900 bits per heavy atom. The molecule has 0 saturated carbocycles. The molecule has 0 N–H and O–H groups in total. The van der Waals surface area contributed by atoms with Crippen LogP contribution in [-0.4, -0.2) is 25.5 Å². The van der Waals surface area contributed by atoms with Crippen molar-refractivity contribution < 1.29 is 19.1 Å². The average Bonchev–Trinajstić information content (AvgIpc) is 2.78. The van der Waals surface area contributed by atoms with Crippen molar-refractivity contribution in [2.45, 2.75) is 13.8 Å². The number of ketones is 1. The first kappa shape index (κ1) is 21.1. The van der Waals surface area contributed by atoms with E-state index in [-0.39, 0.29) is 12.4 Å². The van der Waals surface area contributed by atoms with Crippen LogP contribution in [0.4, 0.5) is 0 Å². The van der Waals surface area contributed by atoms with Crippen molar-refractivity contribution in [1.82, 2.24) is 0 Å². The van der Waals surface area contributed by atoms with Crippen molar-refractivity contribution in [2.24, 2.45) is 0 Å². The second-order valence-electron chi connectivity index (χ2n) is 7.02. The first-order valence-electron chi connectivity index (χ1n) is 9.66. The average molecular weight is 400 g/mol. The Kier molecular flexibility index (Phi) is 6.81. The van der Waals surface area contributed by atoms with Crippen LogP contribution in [0.5, 0.6) is 5.75 Å². The number of methoxy groups -OCH3 is 1. The lowest BCUT2D eigenvalue weighted by Crippen LogP contribution is -2.16. The molecule has 0 aromatic heterocycles. The van der Waals surface area contributed by atoms with Gasteiger partial charge in [-0.25, -0.2) is 4.79 Å². The summed E-state index contributed by atoms with van der Waals surface area (Å²) in [7, 11) is 1.59. The molecule has 0 unspecified atom stereocenters. The predicted molar refractivity (Wildman–Crippen MR) is 119 cm³/mol. The van der Waals surface area contributed by atoms with Gasteiger partial charge >= 0.3 is 5.97 Å². The van der Waals surface area contributed by atoms with Crippen LogP contribution in [0.1, 0.15) is 32.6 Å². The molecular formula is C26H24O4. The number of rotatable bonds is 7. The van der Waals surface area contributed by atoms with Gasteiger partial charge in [0.1, 0.15) is 5.75 Å². The predicted octanol–water partition coefficient (Wildman–Crippen LogP) is 5.28. The molecule has 0 atom stereocenters. The van der Waals surface area contributed by atoms with Crippen molar-refractivity contribution in [3.05, 3.63) is 101 Å². The summed E-state index contributed by atoms with van der Waals surface area (Å²) >= 11 is 0. The summed E-state index contributed by atoms with van der Waals surface area (Å²) in [6.07, 6.45) is 1.74. The minimum atomic E-state index is -0.553. The van der Waals surface area contributed by atoms with Crippen LogP contribution in [-0.2, 0) is 9.53 Å². The van der Waals surface area contributed by atoms with E-state index in [2.05, 4.69) is 0 Å². The van der Waals surface area contributed by atoms with Crippen molar-refractivity contribution in [3.63, 3.8) is 0 Å². The summed E-state index contributed by atoms with van der Waals surface area (Å²) in [6, 6.07) is 22.3. The van der Waals surface area contributed by atoms with E-state index in [9.17, 15) is 9.59 Å². The van der Waals surface area contributed by atoms with E-state index in [0.29, 0.717) is 22.4 Å². The molecule has 0 bridgehead atoms. The largest absolute Gasteiger partial charge is 0.497 e.